The molecule has 0 radical (unpaired) electrons. The van der Waals surface area contributed by atoms with E-state index in [-0.39, 0.29) is 32.1 Å². The zero-order valence-corrected chi connectivity index (χ0v) is 14.9. The van der Waals surface area contributed by atoms with Gasteiger partial charge in [0.2, 0.25) is 5.91 Å². The highest BCUT2D eigenvalue weighted by atomic mass is 16.5. The fraction of sp³-hybridized carbons (Fsp3) is 0.400. The van der Waals surface area contributed by atoms with Crippen LogP contribution in [0.25, 0.3) is 0 Å². The molecular weight excluding hydrogens is 332 g/mol. The number of ether oxygens (including phenoxy) is 2. The molecule has 1 aliphatic heterocycles. The molecule has 138 valence electrons. The third-order valence-electron chi connectivity index (χ3n) is 4.28. The van der Waals surface area contributed by atoms with E-state index in [1.165, 1.54) is 0 Å². The molecule has 1 aromatic carbocycles. The highest BCUT2D eigenvalue weighted by Crippen LogP contribution is 2.17. The molecule has 1 amide bonds. The van der Waals surface area contributed by atoms with Gasteiger partial charge in [0.05, 0.1) is 26.2 Å². The van der Waals surface area contributed by atoms with Gasteiger partial charge in [0.15, 0.2) is 0 Å². The number of nitrogens with zero attached hydrogens (tertiary/aromatic N) is 2. The molecule has 0 aliphatic carbocycles. The molecule has 2 heterocycles. The normalized spacial score (nSPS) is 20.5. The minimum absolute atomic E-state index is 0.0424. The van der Waals surface area contributed by atoms with Gasteiger partial charge in [-0.25, -0.2) is 0 Å². The summed E-state index contributed by atoms with van der Waals surface area (Å²) in [7, 11) is 0. The number of carbonyl (C=O) groups excluding carboxylic acids is 1. The summed E-state index contributed by atoms with van der Waals surface area (Å²) in [5, 5.41) is 10.9. The monoisotopic (exact) mass is 356 g/mol. The van der Waals surface area contributed by atoms with E-state index in [4.69, 9.17) is 9.47 Å². The number of pyridine rings is 1. The van der Waals surface area contributed by atoms with Gasteiger partial charge in [-0.3, -0.25) is 9.78 Å². The number of rotatable bonds is 5. The molecule has 1 aliphatic rings. The van der Waals surface area contributed by atoms with Gasteiger partial charge in [0.25, 0.3) is 0 Å². The van der Waals surface area contributed by atoms with Crippen LogP contribution in [0, 0.1) is 6.92 Å². The number of amides is 1. The van der Waals surface area contributed by atoms with Gasteiger partial charge in [-0.05, 0) is 36.8 Å². The average molecular weight is 356 g/mol. The zero-order chi connectivity index (χ0) is 18.4. The van der Waals surface area contributed by atoms with E-state index in [1.54, 1.807) is 11.1 Å². The van der Waals surface area contributed by atoms with Gasteiger partial charge < -0.3 is 19.5 Å². The van der Waals surface area contributed by atoms with Crippen molar-refractivity contribution in [1.29, 1.82) is 0 Å². The summed E-state index contributed by atoms with van der Waals surface area (Å²) in [4.78, 5) is 18.5. The number of aryl methyl sites for hydroxylation is 1. The van der Waals surface area contributed by atoms with Crippen LogP contribution in [0.15, 0.2) is 48.7 Å². The maximum Gasteiger partial charge on any atom is 0.227 e. The van der Waals surface area contributed by atoms with Crippen molar-refractivity contribution in [3.05, 3.63) is 59.9 Å². The lowest BCUT2D eigenvalue weighted by Crippen LogP contribution is -2.50. The molecule has 26 heavy (non-hydrogen) atoms. The van der Waals surface area contributed by atoms with Crippen molar-refractivity contribution in [2.24, 2.45) is 0 Å². The first-order valence-electron chi connectivity index (χ1n) is 8.71. The van der Waals surface area contributed by atoms with Gasteiger partial charge in [0, 0.05) is 18.4 Å². The molecule has 0 unspecified atom stereocenters. The lowest BCUT2D eigenvalue weighted by atomic mass is 10.1. The number of benzene rings is 1. The Bertz CT molecular complexity index is 738. The standard InChI is InChI=1S/C20H24N2O4/c1-16-11-17(7-8-21-16)12-19(23)22-9-10-25-14-20(24,13-22)15-26-18-5-3-2-4-6-18/h2-8,11,24H,9-10,12-15H2,1H3/t20-/m0/s1. The van der Waals surface area contributed by atoms with Crippen molar-refractivity contribution < 1.29 is 19.4 Å². The summed E-state index contributed by atoms with van der Waals surface area (Å²) in [6.45, 7) is 3.13. The van der Waals surface area contributed by atoms with E-state index >= 15 is 0 Å². The first-order chi connectivity index (χ1) is 12.5. The Morgan fingerprint density at radius 3 is 2.92 bits per heavy atom. The SMILES string of the molecule is Cc1cc(CC(=O)N2CCOC[C@](O)(COc3ccccc3)C2)ccn1. The van der Waals surface area contributed by atoms with Crippen LogP contribution in [0.1, 0.15) is 11.3 Å². The molecule has 0 bridgehead atoms. The fourth-order valence-electron chi connectivity index (χ4n) is 2.95. The minimum Gasteiger partial charge on any atom is -0.490 e. The second-order valence-electron chi connectivity index (χ2n) is 6.68. The smallest absolute Gasteiger partial charge is 0.227 e. The summed E-state index contributed by atoms with van der Waals surface area (Å²) in [5.74, 6) is 0.634. The molecule has 0 spiro atoms. The highest BCUT2D eigenvalue weighted by molar-refractivity contribution is 5.79. The van der Waals surface area contributed by atoms with Crippen LogP contribution in [-0.4, -0.2) is 59.4 Å². The van der Waals surface area contributed by atoms with Gasteiger partial charge >= 0.3 is 0 Å². The van der Waals surface area contributed by atoms with Crippen molar-refractivity contribution in [2.45, 2.75) is 18.9 Å². The number of aromatic nitrogens is 1. The highest BCUT2D eigenvalue weighted by Gasteiger charge is 2.35. The van der Waals surface area contributed by atoms with E-state index < -0.39 is 5.60 Å². The first kappa shape index (κ1) is 18.4. The Labute approximate surface area is 153 Å². The van der Waals surface area contributed by atoms with Gasteiger partial charge in [-0.2, -0.15) is 0 Å². The topological polar surface area (TPSA) is 71.9 Å². The predicted molar refractivity (Wildman–Crippen MR) is 97.0 cm³/mol. The number of β-amino-alcohol motifs (C(OH)–C–C–N with tert-alkyl or cyclic N) is 1. The number of carbonyl (C=O) groups is 1. The lowest BCUT2D eigenvalue weighted by molar-refractivity contribution is -0.134. The molecule has 6 nitrogen and oxygen atoms in total. The molecule has 6 heteroatoms. The van der Waals surface area contributed by atoms with Crippen LogP contribution in [0.3, 0.4) is 0 Å². The van der Waals surface area contributed by atoms with E-state index in [0.717, 1.165) is 11.3 Å². The third kappa shape index (κ3) is 5.03. The Kier molecular flexibility index (Phi) is 5.85. The molecule has 1 saturated heterocycles. The molecular formula is C20H24N2O4. The van der Waals surface area contributed by atoms with Crippen molar-refractivity contribution >= 4 is 5.91 Å². The Hall–Kier alpha value is -2.44. The van der Waals surface area contributed by atoms with E-state index in [2.05, 4.69) is 4.98 Å². The molecule has 1 atom stereocenters. The Balaban J connectivity index is 1.63. The number of para-hydroxylation sites is 1. The van der Waals surface area contributed by atoms with Crippen LogP contribution in [-0.2, 0) is 16.0 Å². The second-order valence-corrected chi connectivity index (χ2v) is 6.68. The molecule has 1 aromatic heterocycles. The van der Waals surface area contributed by atoms with Crippen LogP contribution < -0.4 is 4.74 Å². The zero-order valence-electron chi connectivity index (χ0n) is 14.9. The summed E-state index contributed by atoms with van der Waals surface area (Å²) >= 11 is 0. The number of hydrogen-bond donors (Lipinski definition) is 1. The molecule has 1 N–H and O–H groups in total. The summed E-state index contributed by atoms with van der Waals surface area (Å²) in [5.41, 5.74) is 0.551. The van der Waals surface area contributed by atoms with Crippen LogP contribution >= 0.6 is 0 Å². The average Bonchev–Trinajstić information content (AvgIpc) is 2.83. The largest absolute Gasteiger partial charge is 0.490 e. The van der Waals surface area contributed by atoms with E-state index in [1.807, 2.05) is 49.4 Å². The fourth-order valence-corrected chi connectivity index (χ4v) is 2.95. The van der Waals surface area contributed by atoms with E-state index in [0.29, 0.717) is 18.9 Å². The van der Waals surface area contributed by atoms with Crippen LogP contribution in [0.4, 0.5) is 0 Å². The second kappa shape index (κ2) is 8.29. The molecule has 1 fully saturated rings. The van der Waals surface area contributed by atoms with Crippen molar-refractivity contribution in [3.63, 3.8) is 0 Å². The van der Waals surface area contributed by atoms with Gasteiger partial charge in [-0.15, -0.1) is 0 Å². The van der Waals surface area contributed by atoms with Crippen molar-refractivity contribution in [3.8, 4) is 5.75 Å². The van der Waals surface area contributed by atoms with Crippen molar-refractivity contribution in [2.75, 3.05) is 32.9 Å². The predicted octanol–water partition coefficient (Wildman–Crippen LogP) is 1.60. The molecule has 0 saturated carbocycles. The molecule has 3 rings (SSSR count). The maximum absolute atomic E-state index is 12.7. The van der Waals surface area contributed by atoms with E-state index in [9.17, 15) is 9.90 Å². The Morgan fingerprint density at radius 2 is 2.15 bits per heavy atom. The Morgan fingerprint density at radius 1 is 1.35 bits per heavy atom. The van der Waals surface area contributed by atoms with Gasteiger partial charge in [-0.1, -0.05) is 18.2 Å². The lowest BCUT2D eigenvalue weighted by Gasteiger charge is -2.30. The summed E-state index contributed by atoms with van der Waals surface area (Å²) in [6.07, 6.45) is 1.98. The summed E-state index contributed by atoms with van der Waals surface area (Å²) < 4.78 is 11.2. The van der Waals surface area contributed by atoms with Crippen molar-refractivity contribution in [1.82, 2.24) is 9.88 Å². The molecule has 2 aromatic rings. The maximum atomic E-state index is 12.7. The number of hydrogen-bond acceptors (Lipinski definition) is 5. The number of aliphatic hydroxyl groups is 1. The quantitative estimate of drug-likeness (QED) is 0.881. The minimum atomic E-state index is -1.24. The van der Waals surface area contributed by atoms with Crippen LogP contribution in [0.5, 0.6) is 5.75 Å². The summed E-state index contributed by atoms with van der Waals surface area (Å²) in [6, 6.07) is 13.0. The third-order valence-corrected chi connectivity index (χ3v) is 4.28. The van der Waals surface area contributed by atoms with Crippen LogP contribution in [0.2, 0.25) is 0 Å². The van der Waals surface area contributed by atoms with Gasteiger partial charge in [0.1, 0.15) is 18.0 Å². The first-order valence-corrected chi connectivity index (χ1v) is 8.71.